The Balaban J connectivity index is 1.36. The Kier molecular flexibility index (Phi) is 8.60. The molecule has 5 rings (SSSR count). The first kappa shape index (κ1) is 30.5. The number of benzene rings is 1. The lowest BCUT2D eigenvalue weighted by atomic mass is 9.44. The predicted octanol–water partition coefficient (Wildman–Crippen LogP) is 9.29. The van der Waals surface area contributed by atoms with Gasteiger partial charge in [0.25, 0.3) is 0 Å². The first-order valence-electron chi connectivity index (χ1n) is 16.3. The van der Waals surface area contributed by atoms with Gasteiger partial charge in [0.15, 0.2) is 16.6 Å². The van der Waals surface area contributed by atoms with E-state index in [2.05, 4.69) is 84.3 Å². The van der Waals surface area contributed by atoms with Crippen LogP contribution in [0.1, 0.15) is 77.7 Å². The Morgan fingerprint density at radius 3 is 2.17 bits per heavy atom. The summed E-state index contributed by atoms with van der Waals surface area (Å²) in [4.78, 5) is 5.97. The second-order valence-electron chi connectivity index (χ2n) is 16.3. The first-order chi connectivity index (χ1) is 18.7. The second kappa shape index (κ2) is 11.3. The standard InChI is InChI=1S/C34H57NO3Si2/c1-24(35-36-23-25-13-11-10-12-14-25)32-31(38-40(7,8)9)22-30-28-16-15-26-21-27(37-39(4,5)6)17-19-33(26,2)29(28)18-20-34(30,32)3/h10-14,26-32H,15-23H2,1-9H3/b35-24+/t26?,27?,28-,29+,30+,31?,32+,33+,34+/m1/s1. The zero-order chi connectivity index (χ0) is 28.9. The summed E-state index contributed by atoms with van der Waals surface area (Å²) in [5.41, 5.74) is 3.02. The van der Waals surface area contributed by atoms with Crippen molar-refractivity contribution < 1.29 is 13.7 Å². The maximum atomic E-state index is 7.02. The highest BCUT2D eigenvalue weighted by molar-refractivity contribution is 6.70. The van der Waals surface area contributed by atoms with Crippen LogP contribution >= 0.6 is 0 Å². The summed E-state index contributed by atoms with van der Waals surface area (Å²) in [7, 11) is -3.21. The summed E-state index contributed by atoms with van der Waals surface area (Å²) in [5.74, 6) is 3.53. The van der Waals surface area contributed by atoms with Gasteiger partial charge in [0.2, 0.25) is 0 Å². The summed E-state index contributed by atoms with van der Waals surface area (Å²) in [6, 6.07) is 10.4. The van der Waals surface area contributed by atoms with Gasteiger partial charge in [-0.3, -0.25) is 0 Å². The normalized spacial score (nSPS) is 40.2. The molecule has 1 aromatic rings. The van der Waals surface area contributed by atoms with Gasteiger partial charge in [0.1, 0.15) is 6.61 Å². The average molecular weight is 584 g/mol. The van der Waals surface area contributed by atoms with Crippen molar-refractivity contribution in [3.63, 3.8) is 0 Å². The minimum absolute atomic E-state index is 0.233. The third-order valence-electron chi connectivity index (χ3n) is 11.4. The smallest absolute Gasteiger partial charge is 0.184 e. The third kappa shape index (κ3) is 6.21. The summed E-state index contributed by atoms with van der Waals surface area (Å²) in [6.45, 7) is 22.1. The molecule has 4 aliphatic rings. The number of oxime groups is 1. The number of fused-ring (bicyclic) bond motifs is 5. The van der Waals surface area contributed by atoms with Gasteiger partial charge in [-0.1, -0.05) is 49.3 Å². The molecule has 1 aromatic carbocycles. The lowest BCUT2D eigenvalue weighted by Gasteiger charge is -2.61. The Hall–Kier alpha value is -0.956. The molecule has 0 amide bonds. The molecule has 40 heavy (non-hydrogen) atoms. The molecule has 4 nitrogen and oxygen atoms in total. The molecule has 0 radical (unpaired) electrons. The van der Waals surface area contributed by atoms with E-state index in [1.807, 2.05) is 6.07 Å². The van der Waals surface area contributed by atoms with Crippen LogP contribution in [0.5, 0.6) is 0 Å². The molecule has 9 atom stereocenters. The lowest BCUT2D eigenvalue weighted by Crippen LogP contribution is -2.55. The van der Waals surface area contributed by atoms with Crippen molar-refractivity contribution in [1.82, 2.24) is 0 Å². The first-order valence-corrected chi connectivity index (χ1v) is 23.1. The SMILES string of the molecule is C/C(=N\OCc1ccccc1)[C@H]1C(O[Si](C)(C)C)C[C@H]2[C@@H]3CCC4CC(O[Si](C)(C)C)CC[C@]4(C)[C@H]3CC[C@]12C. The maximum Gasteiger partial charge on any atom is 0.184 e. The van der Waals surface area contributed by atoms with Gasteiger partial charge in [0, 0.05) is 12.0 Å². The zero-order valence-electron chi connectivity index (χ0n) is 27.0. The molecule has 224 valence electrons. The van der Waals surface area contributed by atoms with E-state index in [9.17, 15) is 0 Å². The molecule has 0 aromatic heterocycles. The molecular formula is C34H57NO3Si2. The monoisotopic (exact) mass is 583 g/mol. The van der Waals surface area contributed by atoms with Crippen molar-refractivity contribution >= 4 is 22.3 Å². The molecule has 4 aliphatic carbocycles. The molecule has 4 saturated carbocycles. The highest BCUT2D eigenvalue weighted by atomic mass is 28.4. The summed E-state index contributed by atoms with van der Waals surface area (Å²) in [5, 5.41) is 4.78. The molecule has 0 aliphatic heterocycles. The van der Waals surface area contributed by atoms with Crippen LogP contribution in [0.3, 0.4) is 0 Å². The van der Waals surface area contributed by atoms with E-state index >= 15 is 0 Å². The van der Waals surface area contributed by atoms with Crippen molar-refractivity contribution in [1.29, 1.82) is 0 Å². The predicted molar refractivity (Wildman–Crippen MR) is 171 cm³/mol. The van der Waals surface area contributed by atoms with E-state index in [1.54, 1.807) is 0 Å². The Morgan fingerprint density at radius 1 is 0.825 bits per heavy atom. The van der Waals surface area contributed by atoms with E-state index in [4.69, 9.17) is 18.8 Å². The van der Waals surface area contributed by atoms with Crippen molar-refractivity contribution in [2.24, 2.45) is 45.6 Å². The van der Waals surface area contributed by atoms with E-state index in [0.717, 1.165) is 23.5 Å². The number of hydrogen-bond donors (Lipinski definition) is 0. The fraction of sp³-hybridized carbons (Fsp3) is 0.794. The van der Waals surface area contributed by atoms with Crippen LogP contribution in [-0.2, 0) is 20.3 Å². The van der Waals surface area contributed by atoms with Crippen LogP contribution < -0.4 is 0 Å². The maximum absolute atomic E-state index is 7.02. The molecular weight excluding hydrogens is 527 g/mol. The van der Waals surface area contributed by atoms with Gasteiger partial charge < -0.3 is 13.7 Å². The fourth-order valence-electron chi connectivity index (χ4n) is 9.97. The fourth-order valence-corrected chi connectivity index (χ4v) is 12.3. The molecule has 6 heteroatoms. The van der Waals surface area contributed by atoms with Crippen molar-refractivity contribution in [2.45, 2.75) is 130 Å². The van der Waals surface area contributed by atoms with Crippen LogP contribution in [0.25, 0.3) is 0 Å². The zero-order valence-corrected chi connectivity index (χ0v) is 29.0. The van der Waals surface area contributed by atoms with Crippen LogP contribution in [0.2, 0.25) is 39.3 Å². The summed E-state index contributed by atoms with van der Waals surface area (Å²) in [6.07, 6.45) is 11.3. The minimum Gasteiger partial charge on any atom is -0.415 e. The number of hydrogen-bond acceptors (Lipinski definition) is 4. The van der Waals surface area contributed by atoms with Crippen molar-refractivity contribution in [3.05, 3.63) is 35.9 Å². The van der Waals surface area contributed by atoms with Gasteiger partial charge in [-0.2, -0.15) is 0 Å². The topological polar surface area (TPSA) is 40.0 Å². The van der Waals surface area contributed by atoms with E-state index in [1.165, 1.54) is 56.9 Å². The largest absolute Gasteiger partial charge is 0.415 e. The van der Waals surface area contributed by atoms with Gasteiger partial charge in [0.05, 0.1) is 11.8 Å². The van der Waals surface area contributed by atoms with Crippen LogP contribution in [0.4, 0.5) is 0 Å². The van der Waals surface area contributed by atoms with E-state index in [0.29, 0.717) is 30.0 Å². The summed E-state index contributed by atoms with van der Waals surface area (Å²) < 4.78 is 13.7. The van der Waals surface area contributed by atoms with Crippen molar-refractivity contribution in [2.75, 3.05) is 0 Å². The average Bonchev–Trinajstić information content (AvgIpc) is 3.14. The molecule has 0 bridgehead atoms. The van der Waals surface area contributed by atoms with Crippen LogP contribution in [0.15, 0.2) is 35.5 Å². The van der Waals surface area contributed by atoms with Gasteiger partial charge in [-0.25, -0.2) is 0 Å². The molecule has 4 fully saturated rings. The molecule has 0 heterocycles. The Labute approximate surface area is 247 Å². The van der Waals surface area contributed by atoms with E-state index in [-0.39, 0.29) is 11.5 Å². The number of nitrogens with zero attached hydrogens (tertiary/aromatic N) is 1. The van der Waals surface area contributed by atoms with Crippen LogP contribution in [-0.4, -0.2) is 34.6 Å². The highest BCUT2D eigenvalue weighted by Crippen LogP contribution is 2.68. The van der Waals surface area contributed by atoms with E-state index < -0.39 is 16.6 Å². The number of rotatable bonds is 8. The van der Waals surface area contributed by atoms with Gasteiger partial charge in [-0.15, -0.1) is 0 Å². The third-order valence-corrected chi connectivity index (χ3v) is 13.4. The van der Waals surface area contributed by atoms with Crippen LogP contribution in [0, 0.1) is 40.4 Å². The van der Waals surface area contributed by atoms with Gasteiger partial charge >= 0.3 is 0 Å². The minimum atomic E-state index is -1.71. The van der Waals surface area contributed by atoms with Crippen molar-refractivity contribution in [3.8, 4) is 0 Å². The molecule has 0 spiro atoms. The summed E-state index contributed by atoms with van der Waals surface area (Å²) >= 11 is 0. The Morgan fingerprint density at radius 2 is 1.50 bits per heavy atom. The second-order valence-corrected chi connectivity index (χ2v) is 25.2. The Bertz CT molecular complexity index is 1050. The molecule has 0 N–H and O–H groups in total. The highest BCUT2D eigenvalue weighted by Gasteiger charge is 2.63. The molecule has 0 saturated heterocycles. The molecule has 3 unspecified atom stereocenters. The lowest BCUT2D eigenvalue weighted by molar-refractivity contribution is -0.121. The quantitative estimate of drug-likeness (QED) is 0.174. The van der Waals surface area contributed by atoms with Gasteiger partial charge in [-0.05, 0) is 138 Å².